The van der Waals surface area contributed by atoms with Gasteiger partial charge in [0.05, 0.1) is 6.54 Å². The smallest absolute Gasteiger partial charge is 0.253 e. The van der Waals surface area contributed by atoms with Crippen LogP contribution in [0.2, 0.25) is 0 Å². The monoisotopic (exact) mass is 312 g/mol. The number of benzene rings is 1. The summed E-state index contributed by atoms with van der Waals surface area (Å²) >= 11 is 0. The molecule has 0 aromatic heterocycles. The third-order valence-electron chi connectivity index (χ3n) is 4.56. The molecule has 0 aliphatic carbocycles. The van der Waals surface area contributed by atoms with Crippen LogP contribution in [0.3, 0.4) is 0 Å². The summed E-state index contributed by atoms with van der Waals surface area (Å²) < 4.78 is 0. The second kappa shape index (κ2) is 8.38. The normalized spacial score (nSPS) is 20.6. The molecule has 4 nitrogen and oxygen atoms in total. The molecular formula is C19H24N2O2. The van der Waals surface area contributed by atoms with Crippen molar-refractivity contribution in [1.82, 2.24) is 10.2 Å². The van der Waals surface area contributed by atoms with E-state index in [1.807, 2.05) is 35.2 Å². The van der Waals surface area contributed by atoms with Crippen molar-refractivity contribution in [2.24, 2.45) is 11.8 Å². The Labute approximate surface area is 138 Å². The van der Waals surface area contributed by atoms with Crippen LogP contribution < -0.4 is 5.32 Å². The van der Waals surface area contributed by atoms with Crippen LogP contribution in [0.4, 0.5) is 0 Å². The molecular weight excluding hydrogens is 288 g/mol. The molecule has 1 fully saturated rings. The van der Waals surface area contributed by atoms with Crippen LogP contribution in [-0.4, -0.2) is 36.3 Å². The Morgan fingerprint density at radius 2 is 2.04 bits per heavy atom. The fourth-order valence-electron chi connectivity index (χ4n) is 3.22. The van der Waals surface area contributed by atoms with Crippen molar-refractivity contribution in [3.05, 3.63) is 35.9 Å². The second-order valence-corrected chi connectivity index (χ2v) is 6.02. The van der Waals surface area contributed by atoms with Crippen molar-refractivity contribution in [2.75, 3.05) is 19.6 Å². The van der Waals surface area contributed by atoms with E-state index in [2.05, 4.69) is 18.2 Å². The average molecular weight is 312 g/mol. The number of nitrogens with one attached hydrogen (secondary N) is 1. The Hall–Kier alpha value is -2.28. The molecule has 1 aromatic rings. The van der Waals surface area contributed by atoms with Gasteiger partial charge in [-0.2, -0.15) is 0 Å². The van der Waals surface area contributed by atoms with Crippen LogP contribution in [0.5, 0.6) is 0 Å². The number of terminal acetylenes is 1. The molecule has 0 unspecified atom stereocenters. The first-order valence-electron chi connectivity index (χ1n) is 8.20. The third kappa shape index (κ3) is 4.59. The quantitative estimate of drug-likeness (QED) is 0.848. The number of likely N-dealkylation sites (tertiary alicyclic amines) is 1. The van der Waals surface area contributed by atoms with Gasteiger partial charge in [-0.1, -0.05) is 37.5 Å². The van der Waals surface area contributed by atoms with Crippen LogP contribution in [0.15, 0.2) is 30.3 Å². The van der Waals surface area contributed by atoms with E-state index in [-0.39, 0.29) is 18.4 Å². The van der Waals surface area contributed by atoms with Gasteiger partial charge in [-0.15, -0.1) is 6.42 Å². The molecule has 2 atom stereocenters. The van der Waals surface area contributed by atoms with Crippen LogP contribution in [0, 0.1) is 24.2 Å². The first kappa shape index (κ1) is 17.1. The van der Waals surface area contributed by atoms with Crippen molar-refractivity contribution < 1.29 is 9.59 Å². The molecule has 0 radical (unpaired) electrons. The molecule has 2 rings (SSSR count). The largest absolute Gasteiger partial charge is 0.345 e. The van der Waals surface area contributed by atoms with Gasteiger partial charge in [0.25, 0.3) is 5.91 Å². The maximum absolute atomic E-state index is 12.6. The lowest BCUT2D eigenvalue weighted by Crippen LogP contribution is -2.44. The predicted molar refractivity (Wildman–Crippen MR) is 90.7 cm³/mol. The van der Waals surface area contributed by atoms with E-state index < -0.39 is 0 Å². The SMILES string of the molecule is C#CCNC(=O)C[C@@H]1CCN(C(=O)c2ccccc2)C[C@H]1CC. The minimum absolute atomic E-state index is 0.00855. The van der Waals surface area contributed by atoms with Gasteiger partial charge >= 0.3 is 0 Å². The van der Waals surface area contributed by atoms with E-state index in [4.69, 9.17) is 6.42 Å². The summed E-state index contributed by atoms with van der Waals surface area (Å²) in [7, 11) is 0. The fraction of sp³-hybridized carbons (Fsp3) is 0.474. The van der Waals surface area contributed by atoms with Gasteiger partial charge in [0, 0.05) is 25.1 Å². The number of piperidine rings is 1. The highest BCUT2D eigenvalue weighted by Crippen LogP contribution is 2.29. The number of carbonyl (C=O) groups excluding carboxylic acids is 2. The Kier molecular flexibility index (Phi) is 6.22. The van der Waals surface area contributed by atoms with E-state index in [0.717, 1.165) is 24.9 Å². The fourth-order valence-corrected chi connectivity index (χ4v) is 3.22. The summed E-state index contributed by atoms with van der Waals surface area (Å²) in [4.78, 5) is 26.4. The van der Waals surface area contributed by atoms with Crippen molar-refractivity contribution in [3.8, 4) is 12.3 Å². The topological polar surface area (TPSA) is 49.4 Å². The molecule has 4 heteroatoms. The minimum atomic E-state index is 0.00855. The molecule has 1 aromatic carbocycles. The predicted octanol–water partition coefficient (Wildman–Crippen LogP) is 2.31. The average Bonchev–Trinajstić information content (AvgIpc) is 2.60. The van der Waals surface area contributed by atoms with Crippen molar-refractivity contribution in [1.29, 1.82) is 0 Å². The molecule has 1 N–H and O–H groups in total. The van der Waals surface area contributed by atoms with Crippen molar-refractivity contribution in [3.63, 3.8) is 0 Å². The van der Waals surface area contributed by atoms with Gasteiger partial charge in [-0.25, -0.2) is 0 Å². The van der Waals surface area contributed by atoms with E-state index in [9.17, 15) is 9.59 Å². The van der Waals surface area contributed by atoms with Gasteiger partial charge < -0.3 is 10.2 Å². The van der Waals surface area contributed by atoms with Gasteiger partial charge in [-0.3, -0.25) is 9.59 Å². The Morgan fingerprint density at radius 1 is 1.30 bits per heavy atom. The minimum Gasteiger partial charge on any atom is -0.345 e. The molecule has 2 amide bonds. The van der Waals surface area contributed by atoms with Crippen LogP contribution in [-0.2, 0) is 4.79 Å². The maximum atomic E-state index is 12.6. The number of amides is 2. The molecule has 0 saturated carbocycles. The second-order valence-electron chi connectivity index (χ2n) is 6.02. The zero-order valence-electron chi connectivity index (χ0n) is 13.6. The number of rotatable bonds is 5. The number of nitrogens with zero attached hydrogens (tertiary/aromatic N) is 1. The van der Waals surface area contributed by atoms with Crippen LogP contribution in [0.1, 0.15) is 36.5 Å². The summed E-state index contributed by atoms with van der Waals surface area (Å²) in [6.45, 7) is 3.82. The molecule has 1 aliphatic rings. The maximum Gasteiger partial charge on any atom is 0.253 e. The summed E-state index contributed by atoms with van der Waals surface area (Å²) in [6.07, 6.45) is 7.48. The zero-order valence-corrected chi connectivity index (χ0v) is 13.6. The summed E-state index contributed by atoms with van der Waals surface area (Å²) in [5.74, 6) is 3.18. The molecule has 0 bridgehead atoms. The first-order valence-corrected chi connectivity index (χ1v) is 8.20. The summed E-state index contributed by atoms with van der Waals surface area (Å²) in [6, 6.07) is 9.37. The highest BCUT2D eigenvalue weighted by molar-refractivity contribution is 5.94. The number of carbonyl (C=O) groups is 2. The van der Waals surface area contributed by atoms with Gasteiger partial charge in [0.2, 0.25) is 5.91 Å². The molecule has 1 aliphatic heterocycles. The van der Waals surface area contributed by atoms with Crippen LogP contribution >= 0.6 is 0 Å². The highest BCUT2D eigenvalue weighted by atomic mass is 16.2. The summed E-state index contributed by atoms with van der Waals surface area (Å²) in [5.41, 5.74) is 0.729. The van der Waals surface area contributed by atoms with Gasteiger partial charge in [0.1, 0.15) is 0 Å². The zero-order chi connectivity index (χ0) is 16.7. The lowest BCUT2D eigenvalue weighted by atomic mass is 9.81. The molecule has 122 valence electrons. The lowest BCUT2D eigenvalue weighted by molar-refractivity contribution is -0.122. The van der Waals surface area contributed by atoms with Crippen molar-refractivity contribution >= 4 is 11.8 Å². The lowest BCUT2D eigenvalue weighted by Gasteiger charge is -2.38. The van der Waals surface area contributed by atoms with E-state index >= 15 is 0 Å². The highest BCUT2D eigenvalue weighted by Gasteiger charge is 2.31. The van der Waals surface area contributed by atoms with Gasteiger partial charge in [0.15, 0.2) is 0 Å². The van der Waals surface area contributed by atoms with Crippen LogP contribution in [0.25, 0.3) is 0 Å². The molecule has 1 saturated heterocycles. The summed E-state index contributed by atoms with van der Waals surface area (Å²) in [5, 5.41) is 2.73. The number of hydrogen-bond donors (Lipinski definition) is 1. The Morgan fingerprint density at radius 3 is 2.70 bits per heavy atom. The van der Waals surface area contributed by atoms with E-state index in [1.54, 1.807) is 0 Å². The molecule has 0 spiro atoms. The standard InChI is InChI=1S/C19H24N2O2/c1-3-11-20-18(22)13-17-10-12-21(14-15(17)4-2)19(23)16-8-6-5-7-9-16/h1,5-9,15,17H,4,10-14H2,2H3,(H,20,22)/t15-,17+/m1/s1. The number of hydrogen-bond acceptors (Lipinski definition) is 2. The van der Waals surface area contributed by atoms with Gasteiger partial charge in [-0.05, 0) is 30.4 Å². The molecule has 23 heavy (non-hydrogen) atoms. The van der Waals surface area contributed by atoms with E-state index in [1.165, 1.54) is 0 Å². The van der Waals surface area contributed by atoms with Crippen molar-refractivity contribution in [2.45, 2.75) is 26.2 Å². The third-order valence-corrected chi connectivity index (χ3v) is 4.56. The van der Waals surface area contributed by atoms with E-state index in [0.29, 0.717) is 24.8 Å². The molecule has 1 heterocycles. The first-order chi connectivity index (χ1) is 11.2. The Balaban J connectivity index is 1.95. The Bertz CT molecular complexity index is 577.